The van der Waals surface area contributed by atoms with Gasteiger partial charge in [-0.05, 0) is 86.4 Å². The van der Waals surface area contributed by atoms with Crippen molar-refractivity contribution in [2.45, 2.75) is 31.2 Å². The van der Waals surface area contributed by atoms with E-state index in [0.29, 0.717) is 6.04 Å². The van der Waals surface area contributed by atoms with Crippen LogP contribution in [0.25, 0.3) is 0 Å². The molecule has 1 spiro atoms. The molecule has 1 fully saturated rings. The van der Waals surface area contributed by atoms with Gasteiger partial charge in [-0.25, -0.2) is 4.39 Å². The van der Waals surface area contributed by atoms with Crippen LogP contribution in [0.2, 0.25) is 5.02 Å². The summed E-state index contributed by atoms with van der Waals surface area (Å²) in [5, 5.41) is 0.732. The standard InChI is InChI=1S/C26H26ClFN2/c1-19(20-5-3-2-4-6-20)29-15-13-26(14-16-29)18-30(23-10-7-21(27)8-11-23)25-12-9-22(28)17-24(25)26/h2-12,17,19H,13-16,18H2,1H3. The van der Waals surface area contributed by atoms with Gasteiger partial charge in [0.2, 0.25) is 0 Å². The zero-order valence-corrected chi connectivity index (χ0v) is 17.9. The van der Waals surface area contributed by atoms with E-state index in [2.05, 4.69) is 59.2 Å². The summed E-state index contributed by atoms with van der Waals surface area (Å²) in [4.78, 5) is 4.89. The number of rotatable bonds is 3. The molecule has 0 aliphatic carbocycles. The number of piperidine rings is 1. The van der Waals surface area contributed by atoms with E-state index in [0.717, 1.165) is 54.4 Å². The van der Waals surface area contributed by atoms with Crippen LogP contribution in [0.4, 0.5) is 15.8 Å². The minimum atomic E-state index is -0.147. The van der Waals surface area contributed by atoms with Gasteiger partial charge in [0.25, 0.3) is 0 Å². The number of hydrogen-bond acceptors (Lipinski definition) is 2. The lowest BCUT2D eigenvalue weighted by Gasteiger charge is -2.42. The Kier molecular flexibility index (Phi) is 5.04. The number of nitrogens with zero attached hydrogens (tertiary/aromatic N) is 2. The van der Waals surface area contributed by atoms with Crippen molar-refractivity contribution >= 4 is 23.0 Å². The summed E-state index contributed by atoms with van der Waals surface area (Å²) in [7, 11) is 0. The van der Waals surface area contributed by atoms with E-state index in [1.165, 1.54) is 5.56 Å². The highest BCUT2D eigenvalue weighted by Crippen LogP contribution is 2.50. The average molecular weight is 421 g/mol. The van der Waals surface area contributed by atoms with Crippen molar-refractivity contribution in [3.8, 4) is 0 Å². The molecule has 3 aromatic rings. The Morgan fingerprint density at radius 3 is 2.33 bits per heavy atom. The number of fused-ring (bicyclic) bond motifs is 2. The zero-order chi connectivity index (χ0) is 20.7. The number of anilines is 2. The Hall–Kier alpha value is -2.36. The maximum atomic E-state index is 14.3. The Morgan fingerprint density at radius 2 is 1.63 bits per heavy atom. The minimum absolute atomic E-state index is 0.00994. The SMILES string of the molecule is CC(c1ccccc1)N1CCC2(CC1)CN(c1ccc(Cl)cc1)c1ccc(F)cc12. The van der Waals surface area contributed by atoms with Gasteiger partial charge in [-0.2, -0.15) is 0 Å². The summed E-state index contributed by atoms with van der Waals surface area (Å²) < 4.78 is 14.3. The van der Waals surface area contributed by atoms with Gasteiger partial charge >= 0.3 is 0 Å². The van der Waals surface area contributed by atoms with Crippen LogP contribution in [0.5, 0.6) is 0 Å². The van der Waals surface area contributed by atoms with Crippen molar-refractivity contribution in [3.63, 3.8) is 0 Å². The van der Waals surface area contributed by atoms with Gasteiger partial charge in [0, 0.05) is 34.4 Å². The first-order chi connectivity index (χ1) is 14.6. The number of likely N-dealkylation sites (tertiary alicyclic amines) is 1. The molecule has 2 aliphatic rings. The van der Waals surface area contributed by atoms with Crippen LogP contribution in [0.1, 0.15) is 36.9 Å². The second kappa shape index (κ2) is 7.72. The van der Waals surface area contributed by atoms with Crippen molar-refractivity contribution in [1.29, 1.82) is 0 Å². The van der Waals surface area contributed by atoms with Crippen molar-refractivity contribution in [3.05, 3.63) is 94.8 Å². The Labute approximate surface area is 182 Å². The summed E-state index contributed by atoms with van der Waals surface area (Å²) >= 11 is 6.10. The fraction of sp³-hybridized carbons (Fsp3) is 0.308. The molecule has 2 heterocycles. The third-order valence-corrected chi connectivity index (χ3v) is 7.26. The van der Waals surface area contributed by atoms with E-state index in [4.69, 9.17) is 11.6 Å². The molecule has 0 radical (unpaired) electrons. The summed E-state index contributed by atoms with van der Waals surface area (Å²) in [6.45, 7) is 5.21. The van der Waals surface area contributed by atoms with Crippen molar-refractivity contribution < 1.29 is 4.39 Å². The molecule has 5 rings (SSSR count). The largest absolute Gasteiger partial charge is 0.340 e. The monoisotopic (exact) mass is 420 g/mol. The molecule has 2 nitrogen and oxygen atoms in total. The van der Waals surface area contributed by atoms with E-state index in [-0.39, 0.29) is 11.2 Å². The van der Waals surface area contributed by atoms with Crippen molar-refractivity contribution in [2.75, 3.05) is 24.5 Å². The molecule has 30 heavy (non-hydrogen) atoms. The second-order valence-corrected chi connectivity index (χ2v) is 9.06. The third kappa shape index (κ3) is 3.40. The molecular formula is C26H26ClFN2. The van der Waals surface area contributed by atoms with Crippen molar-refractivity contribution in [1.82, 2.24) is 4.90 Å². The molecule has 0 saturated carbocycles. The van der Waals surface area contributed by atoms with Crippen LogP contribution in [0.3, 0.4) is 0 Å². The Bertz CT molecular complexity index is 1030. The lowest BCUT2D eigenvalue weighted by atomic mass is 9.74. The molecule has 0 N–H and O–H groups in total. The van der Waals surface area contributed by atoms with Gasteiger partial charge in [0.1, 0.15) is 5.82 Å². The highest BCUT2D eigenvalue weighted by atomic mass is 35.5. The predicted molar refractivity (Wildman–Crippen MR) is 122 cm³/mol. The molecule has 1 unspecified atom stereocenters. The molecular weight excluding hydrogens is 395 g/mol. The van der Waals surface area contributed by atoms with Gasteiger partial charge in [-0.1, -0.05) is 41.9 Å². The summed E-state index contributed by atoms with van der Waals surface area (Å²) in [5.41, 5.74) is 4.75. The highest BCUT2D eigenvalue weighted by molar-refractivity contribution is 6.30. The fourth-order valence-electron chi connectivity index (χ4n) is 5.20. The number of halogens is 2. The van der Waals surface area contributed by atoms with Gasteiger partial charge in [-0.3, -0.25) is 4.90 Å². The summed E-state index contributed by atoms with van der Waals surface area (Å²) in [5.74, 6) is -0.147. The van der Waals surface area contributed by atoms with Crippen LogP contribution < -0.4 is 4.90 Å². The normalized spacial score (nSPS) is 19.1. The molecule has 0 aromatic heterocycles. The molecule has 3 aromatic carbocycles. The van der Waals surface area contributed by atoms with Crippen LogP contribution >= 0.6 is 11.6 Å². The van der Waals surface area contributed by atoms with Crippen molar-refractivity contribution in [2.24, 2.45) is 0 Å². The fourth-order valence-corrected chi connectivity index (χ4v) is 5.33. The second-order valence-electron chi connectivity index (χ2n) is 8.63. The minimum Gasteiger partial charge on any atom is -0.340 e. The van der Waals surface area contributed by atoms with Gasteiger partial charge < -0.3 is 4.90 Å². The molecule has 154 valence electrons. The maximum Gasteiger partial charge on any atom is 0.123 e. The first kappa shape index (κ1) is 19.6. The van der Waals surface area contributed by atoms with E-state index >= 15 is 0 Å². The topological polar surface area (TPSA) is 6.48 Å². The van der Waals surface area contributed by atoms with E-state index in [1.54, 1.807) is 12.1 Å². The predicted octanol–water partition coefficient (Wildman–Crippen LogP) is 6.73. The smallest absolute Gasteiger partial charge is 0.123 e. The van der Waals surface area contributed by atoms with Gasteiger partial charge in [0.15, 0.2) is 0 Å². The van der Waals surface area contributed by atoms with Crippen LogP contribution in [-0.4, -0.2) is 24.5 Å². The highest BCUT2D eigenvalue weighted by Gasteiger charge is 2.45. The zero-order valence-electron chi connectivity index (χ0n) is 17.2. The summed E-state index contributed by atoms with van der Waals surface area (Å²) in [6.07, 6.45) is 2.06. The first-order valence-electron chi connectivity index (χ1n) is 10.7. The first-order valence-corrected chi connectivity index (χ1v) is 11.1. The lowest BCUT2D eigenvalue weighted by molar-refractivity contribution is 0.128. The third-order valence-electron chi connectivity index (χ3n) is 7.00. The van der Waals surface area contributed by atoms with Crippen LogP contribution in [-0.2, 0) is 5.41 Å². The lowest BCUT2D eigenvalue weighted by Crippen LogP contribution is -2.45. The molecule has 1 atom stereocenters. The van der Waals surface area contributed by atoms with E-state index in [1.807, 2.05) is 18.2 Å². The van der Waals surface area contributed by atoms with Gasteiger partial charge in [-0.15, -0.1) is 0 Å². The number of hydrogen-bond donors (Lipinski definition) is 0. The summed E-state index contributed by atoms with van der Waals surface area (Å²) in [6, 6.07) is 24.3. The Morgan fingerprint density at radius 1 is 0.933 bits per heavy atom. The number of benzene rings is 3. The van der Waals surface area contributed by atoms with E-state index < -0.39 is 0 Å². The van der Waals surface area contributed by atoms with Gasteiger partial charge in [0.05, 0.1) is 0 Å². The maximum absolute atomic E-state index is 14.3. The Balaban J connectivity index is 1.42. The molecule has 2 aliphatic heterocycles. The molecule has 1 saturated heterocycles. The molecule has 0 amide bonds. The van der Waals surface area contributed by atoms with Crippen LogP contribution in [0.15, 0.2) is 72.8 Å². The van der Waals surface area contributed by atoms with Crippen LogP contribution in [0, 0.1) is 5.82 Å². The quantitative estimate of drug-likeness (QED) is 0.463. The molecule has 4 heteroatoms. The molecule has 0 bridgehead atoms. The van der Waals surface area contributed by atoms with E-state index in [9.17, 15) is 4.39 Å². The average Bonchev–Trinajstić information content (AvgIpc) is 3.08.